The number of aromatic nitrogens is 2. The van der Waals surface area contributed by atoms with E-state index < -0.39 is 29.2 Å². The highest BCUT2D eigenvalue weighted by Gasteiger charge is 2.40. The minimum atomic E-state index is -4.77. The molecule has 1 aliphatic rings. The van der Waals surface area contributed by atoms with Crippen molar-refractivity contribution in [3.8, 4) is 5.69 Å². The van der Waals surface area contributed by atoms with Crippen molar-refractivity contribution in [2.45, 2.75) is 44.3 Å². The van der Waals surface area contributed by atoms with Crippen LogP contribution in [0.1, 0.15) is 48.2 Å². The van der Waals surface area contributed by atoms with Gasteiger partial charge in [0.2, 0.25) is 0 Å². The number of carbonyl (C=O) groups is 1. The second kappa shape index (κ2) is 6.85. The lowest BCUT2D eigenvalue weighted by atomic mass is 9.95. The highest BCUT2D eigenvalue weighted by Crippen LogP contribution is 2.34. The zero-order chi connectivity index (χ0) is 18.0. The van der Waals surface area contributed by atoms with Crippen molar-refractivity contribution >= 4 is 5.91 Å². The summed E-state index contributed by atoms with van der Waals surface area (Å²) in [5.41, 5.74) is -1.65. The monoisotopic (exact) mass is 355 g/mol. The molecule has 1 saturated carbocycles. The maximum absolute atomic E-state index is 13.5. The van der Waals surface area contributed by atoms with Gasteiger partial charge in [0.05, 0.1) is 17.4 Å². The van der Waals surface area contributed by atoms with Crippen molar-refractivity contribution in [3.63, 3.8) is 0 Å². The van der Waals surface area contributed by atoms with Gasteiger partial charge in [0.25, 0.3) is 5.91 Å². The molecule has 0 spiro atoms. The van der Waals surface area contributed by atoms with Gasteiger partial charge in [0, 0.05) is 6.04 Å². The highest BCUT2D eigenvalue weighted by atomic mass is 19.4. The molecule has 25 heavy (non-hydrogen) atoms. The fourth-order valence-electron chi connectivity index (χ4n) is 3.08. The van der Waals surface area contributed by atoms with E-state index >= 15 is 0 Å². The molecule has 3 rings (SSSR count). The molecule has 1 N–H and O–H groups in total. The van der Waals surface area contributed by atoms with Crippen molar-refractivity contribution in [2.24, 2.45) is 0 Å². The third-order valence-corrected chi connectivity index (χ3v) is 4.29. The minimum Gasteiger partial charge on any atom is -0.349 e. The van der Waals surface area contributed by atoms with E-state index in [1.807, 2.05) is 0 Å². The molecular weight excluding hydrogens is 338 g/mol. The van der Waals surface area contributed by atoms with Crippen LogP contribution < -0.4 is 5.32 Å². The second-order valence-electron chi connectivity index (χ2n) is 6.10. The zero-order valence-electron chi connectivity index (χ0n) is 13.3. The van der Waals surface area contributed by atoms with E-state index in [0.29, 0.717) is 4.68 Å². The van der Waals surface area contributed by atoms with Gasteiger partial charge in [-0.05, 0) is 37.1 Å². The van der Waals surface area contributed by atoms with E-state index in [9.17, 15) is 22.4 Å². The fourth-order valence-corrected chi connectivity index (χ4v) is 3.08. The van der Waals surface area contributed by atoms with Gasteiger partial charge < -0.3 is 5.32 Å². The van der Waals surface area contributed by atoms with Crippen LogP contribution in [0.25, 0.3) is 5.69 Å². The van der Waals surface area contributed by atoms with Crippen molar-refractivity contribution in [1.29, 1.82) is 0 Å². The van der Waals surface area contributed by atoms with Crippen LogP contribution in [0.2, 0.25) is 0 Å². The Labute approximate surface area is 141 Å². The fraction of sp³-hybridized carbons (Fsp3) is 0.412. The summed E-state index contributed by atoms with van der Waals surface area (Å²) in [6, 6.07) is 4.33. The average Bonchev–Trinajstić information content (AvgIpc) is 3.02. The second-order valence-corrected chi connectivity index (χ2v) is 6.10. The number of nitrogens with one attached hydrogen (secondary N) is 1. The van der Waals surface area contributed by atoms with Crippen LogP contribution in [0.5, 0.6) is 0 Å². The first-order valence-electron chi connectivity index (χ1n) is 8.08. The van der Waals surface area contributed by atoms with Crippen LogP contribution in [0, 0.1) is 5.82 Å². The summed E-state index contributed by atoms with van der Waals surface area (Å²) >= 11 is 0. The van der Waals surface area contributed by atoms with Crippen LogP contribution in [-0.2, 0) is 6.18 Å². The normalized spacial score (nSPS) is 16.0. The standard InChI is InChI=1S/C17H17F4N3O/c18-11-6-8-13(9-7-11)24-15(17(19,20)21)14(10-22-24)16(25)23-12-4-2-1-3-5-12/h6-10,12H,1-5H2,(H,23,25). The van der Waals surface area contributed by atoms with Crippen LogP contribution in [0.15, 0.2) is 30.5 Å². The van der Waals surface area contributed by atoms with Gasteiger partial charge in [-0.25, -0.2) is 9.07 Å². The molecule has 2 aromatic rings. The lowest BCUT2D eigenvalue weighted by Gasteiger charge is -2.23. The number of hydrogen-bond donors (Lipinski definition) is 1. The van der Waals surface area contributed by atoms with Gasteiger partial charge in [0.15, 0.2) is 5.69 Å². The van der Waals surface area contributed by atoms with E-state index in [1.54, 1.807) is 0 Å². The first kappa shape index (κ1) is 17.4. The predicted molar refractivity (Wildman–Crippen MR) is 82.9 cm³/mol. The first-order chi connectivity index (χ1) is 11.9. The van der Waals surface area contributed by atoms with E-state index in [2.05, 4.69) is 10.4 Å². The van der Waals surface area contributed by atoms with Gasteiger partial charge in [-0.15, -0.1) is 0 Å². The molecule has 1 aromatic carbocycles. The molecule has 0 aliphatic heterocycles. The Kier molecular flexibility index (Phi) is 4.78. The maximum Gasteiger partial charge on any atom is 0.434 e. The Bertz CT molecular complexity index is 746. The molecule has 1 amide bonds. The van der Waals surface area contributed by atoms with Crippen LogP contribution in [0.4, 0.5) is 17.6 Å². The van der Waals surface area contributed by atoms with Crippen molar-refractivity contribution in [1.82, 2.24) is 15.1 Å². The van der Waals surface area contributed by atoms with Crippen LogP contribution in [0.3, 0.4) is 0 Å². The van der Waals surface area contributed by atoms with E-state index in [-0.39, 0.29) is 11.7 Å². The summed E-state index contributed by atoms with van der Waals surface area (Å²) < 4.78 is 54.2. The number of nitrogens with zero attached hydrogens (tertiary/aromatic N) is 2. The molecule has 0 radical (unpaired) electrons. The van der Waals surface area contributed by atoms with E-state index in [4.69, 9.17) is 0 Å². The van der Waals surface area contributed by atoms with Crippen LogP contribution in [-0.4, -0.2) is 21.7 Å². The molecule has 0 atom stereocenters. The summed E-state index contributed by atoms with van der Waals surface area (Å²) in [4.78, 5) is 12.4. The summed E-state index contributed by atoms with van der Waals surface area (Å²) in [6.45, 7) is 0. The predicted octanol–water partition coefficient (Wildman–Crippen LogP) is 4.09. The number of amides is 1. The largest absolute Gasteiger partial charge is 0.434 e. The molecule has 1 aromatic heterocycles. The summed E-state index contributed by atoms with van der Waals surface area (Å²) in [5.74, 6) is -1.35. The maximum atomic E-state index is 13.5. The van der Waals surface area contributed by atoms with Crippen molar-refractivity contribution in [3.05, 3.63) is 47.5 Å². The van der Waals surface area contributed by atoms with Gasteiger partial charge in [-0.1, -0.05) is 19.3 Å². The Morgan fingerprint density at radius 2 is 1.76 bits per heavy atom. The average molecular weight is 355 g/mol. The Balaban J connectivity index is 1.94. The lowest BCUT2D eigenvalue weighted by molar-refractivity contribution is -0.143. The Hall–Kier alpha value is -2.38. The van der Waals surface area contributed by atoms with Crippen molar-refractivity contribution < 1.29 is 22.4 Å². The lowest BCUT2D eigenvalue weighted by Crippen LogP contribution is -2.37. The van der Waals surface area contributed by atoms with E-state index in [1.165, 1.54) is 12.1 Å². The highest BCUT2D eigenvalue weighted by molar-refractivity contribution is 5.95. The molecule has 0 unspecified atom stereocenters. The van der Waals surface area contributed by atoms with Crippen molar-refractivity contribution in [2.75, 3.05) is 0 Å². The number of halogens is 4. The first-order valence-corrected chi connectivity index (χ1v) is 8.08. The molecule has 1 aliphatic carbocycles. The summed E-state index contributed by atoms with van der Waals surface area (Å²) in [6.07, 6.45) is 0.632. The molecule has 0 bridgehead atoms. The minimum absolute atomic E-state index is 0.0328. The van der Waals surface area contributed by atoms with Crippen LogP contribution >= 0.6 is 0 Å². The molecular formula is C17H17F4N3O. The molecule has 0 saturated heterocycles. The molecule has 134 valence electrons. The summed E-state index contributed by atoms with van der Waals surface area (Å²) in [7, 11) is 0. The zero-order valence-corrected chi connectivity index (χ0v) is 13.3. The van der Waals surface area contributed by atoms with E-state index in [0.717, 1.165) is 50.4 Å². The molecule has 8 heteroatoms. The number of rotatable bonds is 3. The third-order valence-electron chi connectivity index (χ3n) is 4.29. The van der Waals surface area contributed by atoms with Gasteiger partial charge >= 0.3 is 6.18 Å². The smallest absolute Gasteiger partial charge is 0.349 e. The molecule has 4 nitrogen and oxygen atoms in total. The SMILES string of the molecule is O=C(NC1CCCCC1)c1cnn(-c2ccc(F)cc2)c1C(F)(F)F. The Morgan fingerprint density at radius 3 is 2.36 bits per heavy atom. The van der Waals surface area contributed by atoms with Gasteiger partial charge in [-0.3, -0.25) is 4.79 Å². The number of benzene rings is 1. The molecule has 1 fully saturated rings. The number of carbonyl (C=O) groups excluding carboxylic acids is 1. The van der Waals surface area contributed by atoms with Gasteiger partial charge in [-0.2, -0.15) is 18.3 Å². The quantitative estimate of drug-likeness (QED) is 0.843. The molecule has 1 heterocycles. The Morgan fingerprint density at radius 1 is 1.12 bits per heavy atom. The van der Waals surface area contributed by atoms with Gasteiger partial charge in [0.1, 0.15) is 5.82 Å². The topological polar surface area (TPSA) is 46.9 Å². The summed E-state index contributed by atoms with van der Waals surface area (Å²) in [5, 5.41) is 6.38. The third kappa shape index (κ3) is 3.83. The number of alkyl halides is 3. The number of hydrogen-bond acceptors (Lipinski definition) is 2.